The van der Waals surface area contributed by atoms with E-state index in [0.717, 1.165) is 19.3 Å². The SMILES string of the molecule is C=C(C)C(=O)OCCCCCO.C=C(C)C(=O)OCCCCO. The highest BCUT2D eigenvalue weighted by Gasteiger charge is 2.01. The summed E-state index contributed by atoms with van der Waals surface area (Å²) in [5.41, 5.74) is 0.839. The second-order valence-corrected chi connectivity index (χ2v) is 5.05. The molecule has 0 heterocycles. The van der Waals surface area contributed by atoms with Gasteiger partial charge in [0, 0.05) is 24.4 Å². The van der Waals surface area contributed by atoms with Gasteiger partial charge in [-0.05, 0) is 46.0 Å². The number of aliphatic hydroxyl groups is 2. The lowest BCUT2D eigenvalue weighted by Gasteiger charge is -2.02. The number of carbonyl (C=O) groups is 2. The van der Waals surface area contributed by atoms with Crippen molar-refractivity contribution in [2.24, 2.45) is 0 Å². The van der Waals surface area contributed by atoms with Crippen LogP contribution in [0.4, 0.5) is 0 Å². The first-order valence-corrected chi connectivity index (χ1v) is 7.73. The van der Waals surface area contributed by atoms with Crippen LogP contribution in [0, 0.1) is 0 Å². The van der Waals surface area contributed by atoms with Crippen LogP contribution < -0.4 is 0 Å². The van der Waals surface area contributed by atoms with E-state index in [2.05, 4.69) is 13.2 Å². The smallest absolute Gasteiger partial charge is 0.333 e. The van der Waals surface area contributed by atoms with Crippen LogP contribution in [0.25, 0.3) is 0 Å². The van der Waals surface area contributed by atoms with E-state index in [-0.39, 0.29) is 25.2 Å². The fourth-order valence-corrected chi connectivity index (χ4v) is 1.18. The highest BCUT2D eigenvalue weighted by molar-refractivity contribution is 5.87. The van der Waals surface area contributed by atoms with Crippen molar-refractivity contribution in [3.8, 4) is 0 Å². The van der Waals surface area contributed by atoms with Gasteiger partial charge in [0.25, 0.3) is 0 Å². The molecule has 0 bridgehead atoms. The van der Waals surface area contributed by atoms with Crippen LogP contribution in [-0.2, 0) is 19.1 Å². The minimum Gasteiger partial charge on any atom is -0.462 e. The summed E-state index contributed by atoms with van der Waals surface area (Å²) >= 11 is 0. The van der Waals surface area contributed by atoms with Crippen molar-refractivity contribution in [2.45, 2.75) is 46.0 Å². The molecule has 0 atom stereocenters. The van der Waals surface area contributed by atoms with E-state index in [1.807, 2.05) is 0 Å². The van der Waals surface area contributed by atoms with E-state index < -0.39 is 0 Å². The molecule has 6 nitrogen and oxygen atoms in total. The third-order valence-electron chi connectivity index (χ3n) is 2.52. The molecule has 2 N–H and O–H groups in total. The summed E-state index contributed by atoms with van der Waals surface area (Å²) in [5.74, 6) is -0.693. The van der Waals surface area contributed by atoms with Gasteiger partial charge in [0.15, 0.2) is 0 Å². The summed E-state index contributed by atoms with van der Waals surface area (Å²) in [6.07, 6.45) is 3.84. The maximum atomic E-state index is 10.8. The summed E-state index contributed by atoms with van der Waals surface area (Å²) in [7, 11) is 0. The zero-order chi connectivity index (χ0) is 18.1. The Morgan fingerprint density at radius 1 is 0.739 bits per heavy atom. The molecule has 0 aromatic heterocycles. The number of unbranched alkanes of at least 4 members (excludes halogenated alkanes) is 3. The third-order valence-corrected chi connectivity index (χ3v) is 2.52. The van der Waals surface area contributed by atoms with Gasteiger partial charge in [-0.1, -0.05) is 13.2 Å². The normalized spacial score (nSPS) is 9.39. The Bertz CT molecular complexity index is 362. The molecule has 6 heteroatoms. The number of esters is 2. The molecule has 0 radical (unpaired) electrons. The summed E-state index contributed by atoms with van der Waals surface area (Å²) < 4.78 is 9.59. The van der Waals surface area contributed by atoms with Crippen molar-refractivity contribution in [3.05, 3.63) is 24.3 Å². The third kappa shape index (κ3) is 18.3. The van der Waals surface area contributed by atoms with Crippen LogP contribution in [0.5, 0.6) is 0 Å². The topological polar surface area (TPSA) is 93.1 Å². The number of rotatable bonds is 11. The second-order valence-electron chi connectivity index (χ2n) is 5.05. The van der Waals surface area contributed by atoms with Gasteiger partial charge in [0.2, 0.25) is 0 Å². The number of aliphatic hydroxyl groups excluding tert-OH is 2. The van der Waals surface area contributed by atoms with E-state index in [1.54, 1.807) is 13.8 Å². The van der Waals surface area contributed by atoms with Crippen LogP contribution in [0.15, 0.2) is 24.3 Å². The first-order chi connectivity index (χ1) is 10.9. The van der Waals surface area contributed by atoms with Gasteiger partial charge >= 0.3 is 11.9 Å². The molecule has 0 spiro atoms. The Morgan fingerprint density at radius 2 is 1.09 bits per heavy atom. The molecule has 0 fully saturated rings. The Kier molecular flexibility index (Phi) is 17.1. The average Bonchev–Trinajstić information content (AvgIpc) is 2.51. The zero-order valence-electron chi connectivity index (χ0n) is 14.3. The lowest BCUT2D eigenvalue weighted by Crippen LogP contribution is -2.06. The molecule has 0 unspecified atom stereocenters. The summed E-state index contributed by atoms with van der Waals surface area (Å²) in [6.45, 7) is 11.2. The first kappa shape index (κ1) is 23.6. The van der Waals surface area contributed by atoms with E-state index >= 15 is 0 Å². The van der Waals surface area contributed by atoms with Crippen molar-refractivity contribution in [3.63, 3.8) is 0 Å². The summed E-state index contributed by atoms with van der Waals surface area (Å²) in [6, 6.07) is 0. The fraction of sp³-hybridized carbons (Fsp3) is 0.647. The Balaban J connectivity index is 0. The van der Waals surface area contributed by atoms with E-state index in [4.69, 9.17) is 19.7 Å². The van der Waals surface area contributed by atoms with Crippen molar-refractivity contribution in [2.75, 3.05) is 26.4 Å². The lowest BCUT2D eigenvalue weighted by atomic mass is 10.2. The molecule has 0 aromatic rings. The van der Waals surface area contributed by atoms with Crippen LogP contribution in [0.3, 0.4) is 0 Å². The lowest BCUT2D eigenvalue weighted by molar-refractivity contribution is -0.139. The van der Waals surface area contributed by atoms with Gasteiger partial charge in [-0.2, -0.15) is 0 Å². The highest BCUT2D eigenvalue weighted by atomic mass is 16.5. The average molecular weight is 330 g/mol. The monoisotopic (exact) mass is 330 g/mol. The minimum atomic E-state index is -0.358. The van der Waals surface area contributed by atoms with Gasteiger partial charge in [0.05, 0.1) is 13.2 Å². The van der Waals surface area contributed by atoms with Crippen molar-refractivity contribution in [1.29, 1.82) is 0 Å². The quantitative estimate of drug-likeness (QED) is 0.342. The van der Waals surface area contributed by atoms with Crippen molar-refractivity contribution >= 4 is 11.9 Å². The Hall–Kier alpha value is -1.66. The molecular weight excluding hydrogens is 300 g/mol. The molecule has 23 heavy (non-hydrogen) atoms. The molecule has 0 saturated carbocycles. The Labute approximate surface area is 138 Å². The van der Waals surface area contributed by atoms with E-state index in [0.29, 0.717) is 37.2 Å². The van der Waals surface area contributed by atoms with Crippen molar-refractivity contribution < 1.29 is 29.3 Å². The Morgan fingerprint density at radius 3 is 1.43 bits per heavy atom. The molecule has 0 amide bonds. The number of ether oxygens (including phenoxy) is 2. The van der Waals surface area contributed by atoms with Crippen LogP contribution in [-0.4, -0.2) is 48.6 Å². The zero-order valence-corrected chi connectivity index (χ0v) is 14.3. The predicted octanol–water partition coefficient (Wildman–Crippen LogP) is 2.15. The van der Waals surface area contributed by atoms with Crippen molar-refractivity contribution in [1.82, 2.24) is 0 Å². The fourth-order valence-electron chi connectivity index (χ4n) is 1.18. The summed E-state index contributed by atoms with van der Waals surface area (Å²) in [4.78, 5) is 21.5. The van der Waals surface area contributed by atoms with E-state index in [9.17, 15) is 9.59 Å². The van der Waals surface area contributed by atoms with E-state index in [1.165, 1.54) is 0 Å². The summed E-state index contributed by atoms with van der Waals surface area (Å²) in [5, 5.41) is 16.8. The van der Waals surface area contributed by atoms with Gasteiger partial charge in [-0.15, -0.1) is 0 Å². The maximum Gasteiger partial charge on any atom is 0.333 e. The van der Waals surface area contributed by atoms with Gasteiger partial charge in [0.1, 0.15) is 0 Å². The molecule has 134 valence electrons. The van der Waals surface area contributed by atoms with Crippen LogP contribution >= 0.6 is 0 Å². The van der Waals surface area contributed by atoms with Gasteiger partial charge < -0.3 is 19.7 Å². The molecule has 0 aliphatic carbocycles. The van der Waals surface area contributed by atoms with Gasteiger partial charge in [-0.3, -0.25) is 0 Å². The van der Waals surface area contributed by atoms with Crippen LogP contribution in [0.1, 0.15) is 46.0 Å². The maximum absolute atomic E-state index is 10.8. The second kappa shape index (κ2) is 16.7. The van der Waals surface area contributed by atoms with Gasteiger partial charge in [-0.25, -0.2) is 9.59 Å². The molecule has 0 saturated heterocycles. The molecular formula is C17H30O6. The van der Waals surface area contributed by atoms with Crippen LogP contribution in [0.2, 0.25) is 0 Å². The minimum absolute atomic E-state index is 0.143. The first-order valence-electron chi connectivity index (χ1n) is 7.73. The number of hydrogen-bond donors (Lipinski definition) is 2. The number of carbonyl (C=O) groups excluding carboxylic acids is 2. The largest absolute Gasteiger partial charge is 0.462 e. The number of hydrogen-bond acceptors (Lipinski definition) is 6. The molecule has 0 rings (SSSR count). The highest BCUT2D eigenvalue weighted by Crippen LogP contribution is 1.98. The predicted molar refractivity (Wildman–Crippen MR) is 88.8 cm³/mol. The molecule has 0 aliphatic heterocycles. The molecule has 0 aliphatic rings. The molecule has 0 aromatic carbocycles. The standard InChI is InChI=1S/C9H16O3.C8H14O3/c1-8(2)9(11)12-7-5-3-4-6-10;1-7(2)8(10)11-6-4-3-5-9/h10H,1,3-7H2,2H3;9H,1,3-6H2,2H3.